The van der Waals surface area contributed by atoms with Crippen LogP contribution >= 0.6 is 0 Å². The van der Waals surface area contributed by atoms with Crippen LogP contribution < -0.4 is 5.73 Å². The van der Waals surface area contributed by atoms with Crippen LogP contribution in [-0.2, 0) is 20.3 Å². The SMILES string of the molecule is C=CC(N)=O.CCCCCCCCOS(=O)[O-]. The summed E-state index contributed by atoms with van der Waals surface area (Å²) < 4.78 is 24.2. The van der Waals surface area contributed by atoms with Crippen LogP contribution in [0.15, 0.2) is 12.7 Å². The van der Waals surface area contributed by atoms with Crippen molar-refractivity contribution in [2.45, 2.75) is 45.4 Å². The lowest BCUT2D eigenvalue weighted by Crippen LogP contribution is -2.04. The minimum absolute atomic E-state index is 0.336. The molecule has 17 heavy (non-hydrogen) atoms. The van der Waals surface area contributed by atoms with Crippen molar-refractivity contribution in [1.29, 1.82) is 0 Å². The highest BCUT2D eigenvalue weighted by Crippen LogP contribution is 2.04. The third-order valence-corrected chi connectivity index (χ3v) is 2.24. The molecule has 1 amide bonds. The summed E-state index contributed by atoms with van der Waals surface area (Å²) in [6, 6.07) is 0. The first kappa shape index (κ1) is 18.6. The summed E-state index contributed by atoms with van der Waals surface area (Å²) in [5.74, 6) is -0.481. The molecular weight excluding hydrogens is 242 g/mol. The number of rotatable bonds is 9. The molecule has 0 fully saturated rings. The van der Waals surface area contributed by atoms with E-state index in [9.17, 15) is 13.6 Å². The number of nitrogens with two attached hydrogens (primary N) is 1. The fourth-order valence-corrected chi connectivity index (χ4v) is 1.26. The molecule has 0 aromatic rings. The molecule has 0 aliphatic heterocycles. The maximum atomic E-state index is 9.91. The number of carbonyl (C=O) groups is 1. The van der Waals surface area contributed by atoms with Crippen LogP contribution in [0.1, 0.15) is 45.4 Å². The van der Waals surface area contributed by atoms with Crippen molar-refractivity contribution in [1.82, 2.24) is 0 Å². The van der Waals surface area contributed by atoms with E-state index in [0.29, 0.717) is 6.61 Å². The fourth-order valence-electron chi connectivity index (χ4n) is 1.01. The van der Waals surface area contributed by atoms with Gasteiger partial charge < -0.3 is 14.5 Å². The Kier molecular flexibility index (Phi) is 16.8. The van der Waals surface area contributed by atoms with Gasteiger partial charge in [0.1, 0.15) is 0 Å². The van der Waals surface area contributed by atoms with Gasteiger partial charge in [-0.2, -0.15) is 0 Å². The van der Waals surface area contributed by atoms with Crippen LogP contribution in [0.2, 0.25) is 0 Å². The summed E-state index contributed by atoms with van der Waals surface area (Å²) in [6.07, 6.45) is 7.91. The molecule has 0 aliphatic carbocycles. The molecule has 0 heterocycles. The van der Waals surface area contributed by atoms with Gasteiger partial charge in [-0.05, 0) is 12.5 Å². The minimum atomic E-state index is -2.32. The van der Waals surface area contributed by atoms with Crippen molar-refractivity contribution in [3.05, 3.63) is 12.7 Å². The van der Waals surface area contributed by atoms with Crippen molar-refractivity contribution in [3.63, 3.8) is 0 Å². The number of unbranched alkanes of at least 4 members (excludes halogenated alkanes) is 5. The lowest BCUT2D eigenvalue weighted by atomic mass is 10.1. The van der Waals surface area contributed by atoms with Crippen LogP contribution in [0.25, 0.3) is 0 Å². The third-order valence-electron chi connectivity index (χ3n) is 1.88. The summed E-state index contributed by atoms with van der Waals surface area (Å²) in [5, 5.41) is 0. The molecule has 0 saturated carbocycles. The van der Waals surface area contributed by atoms with Gasteiger partial charge >= 0.3 is 0 Å². The zero-order valence-electron chi connectivity index (χ0n) is 10.4. The maximum Gasteiger partial charge on any atom is 0.240 e. The van der Waals surface area contributed by atoms with Gasteiger partial charge in [-0.3, -0.25) is 4.79 Å². The smallest absolute Gasteiger partial charge is 0.240 e. The minimum Gasteiger partial charge on any atom is -0.750 e. The van der Waals surface area contributed by atoms with Gasteiger partial charge in [0.2, 0.25) is 5.91 Å². The standard InChI is InChI=1S/C8H18O3S.C3H5NO/c1-2-3-4-5-6-7-8-11-12(9)10;1-2-3(4)5/h2-8H2,1H3,(H,9,10);2H,1H2,(H2,4,5)/p-1. The summed E-state index contributed by atoms with van der Waals surface area (Å²) in [5.41, 5.74) is 4.53. The molecule has 5 nitrogen and oxygen atoms in total. The van der Waals surface area contributed by atoms with E-state index in [2.05, 4.69) is 23.4 Å². The van der Waals surface area contributed by atoms with Crippen LogP contribution in [0.3, 0.4) is 0 Å². The van der Waals surface area contributed by atoms with Crippen molar-refractivity contribution >= 4 is 17.3 Å². The molecule has 1 atom stereocenters. The molecule has 2 N–H and O–H groups in total. The lowest BCUT2D eigenvalue weighted by Gasteiger charge is -2.04. The van der Waals surface area contributed by atoms with Gasteiger partial charge in [0.05, 0.1) is 18.0 Å². The average molecular weight is 264 g/mol. The molecule has 102 valence electrons. The van der Waals surface area contributed by atoms with E-state index in [4.69, 9.17) is 0 Å². The molecule has 6 heteroatoms. The topological polar surface area (TPSA) is 92.5 Å². The molecule has 0 aromatic carbocycles. The Morgan fingerprint density at radius 1 is 1.35 bits per heavy atom. The first-order valence-corrected chi connectivity index (χ1v) is 6.69. The Bertz CT molecular complexity index is 222. The Hall–Kier alpha value is -0.720. The van der Waals surface area contributed by atoms with Crippen molar-refractivity contribution in [2.24, 2.45) is 5.73 Å². The molecule has 0 spiro atoms. The molecule has 0 saturated heterocycles. The highest BCUT2D eigenvalue weighted by Gasteiger charge is 1.90. The van der Waals surface area contributed by atoms with E-state index in [1.54, 1.807) is 0 Å². The highest BCUT2D eigenvalue weighted by molar-refractivity contribution is 7.74. The van der Waals surface area contributed by atoms with Crippen LogP contribution in [0.4, 0.5) is 0 Å². The summed E-state index contributed by atoms with van der Waals surface area (Å²) in [6.45, 7) is 5.59. The van der Waals surface area contributed by atoms with Crippen molar-refractivity contribution in [2.75, 3.05) is 6.61 Å². The summed E-state index contributed by atoms with van der Waals surface area (Å²) in [7, 11) is 0. The van der Waals surface area contributed by atoms with Crippen LogP contribution in [0, 0.1) is 0 Å². The van der Waals surface area contributed by atoms with E-state index in [0.717, 1.165) is 18.9 Å². The molecular formula is C11H22NO4S-. The zero-order chi connectivity index (χ0) is 13.5. The summed E-state index contributed by atoms with van der Waals surface area (Å²) >= 11 is -2.32. The number of hydrogen-bond acceptors (Lipinski definition) is 4. The second-order valence-electron chi connectivity index (χ2n) is 3.40. The largest absolute Gasteiger partial charge is 0.750 e. The number of carbonyl (C=O) groups excluding carboxylic acids is 1. The quantitative estimate of drug-likeness (QED) is 0.390. The average Bonchev–Trinajstić information content (AvgIpc) is 2.28. The second-order valence-corrected chi connectivity index (χ2v) is 4.04. The normalized spacial score (nSPS) is 11.2. The highest BCUT2D eigenvalue weighted by atomic mass is 32.2. The Balaban J connectivity index is 0. The molecule has 0 rings (SSSR count). The van der Waals surface area contributed by atoms with Gasteiger partial charge in [0, 0.05) is 0 Å². The Labute approximate surface area is 106 Å². The number of primary amides is 1. The molecule has 0 aliphatic rings. The van der Waals surface area contributed by atoms with Crippen molar-refractivity contribution < 1.29 is 17.7 Å². The van der Waals surface area contributed by atoms with Gasteiger partial charge in [-0.1, -0.05) is 45.6 Å². The first-order valence-electron chi connectivity index (χ1n) is 5.69. The summed E-state index contributed by atoms with van der Waals surface area (Å²) in [4.78, 5) is 9.47. The van der Waals surface area contributed by atoms with E-state index < -0.39 is 17.3 Å². The van der Waals surface area contributed by atoms with Gasteiger partial charge in [0.15, 0.2) is 0 Å². The molecule has 0 bridgehead atoms. The first-order chi connectivity index (χ1) is 8.04. The van der Waals surface area contributed by atoms with Gasteiger partial charge in [-0.15, -0.1) is 0 Å². The zero-order valence-corrected chi connectivity index (χ0v) is 11.2. The molecule has 0 radical (unpaired) electrons. The molecule has 0 aromatic heterocycles. The van der Waals surface area contributed by atoms with E-state index in [-0.39, 0.29) is 0 Å². The maximum absolute atomic E-state index is 9.91. The van der Waals surface area contributed by atoms with Crippen LogP contribution in [-0.4, -0.2) is 21.3 Å². The molecule has 1 unspecified atom stereocenters. The predicted molar refractivity (Wildman–Crippen MR) is 67.6 cm³/mol. The van der Waals surface area contributed by atoms with E-state index in [1.165, 1.54) is 25.7 Å². The number of amides is 1. The van der Waals surface area contributed by atoms with E-state index in [1.807, 2.05) is 0 Å². The van der Waals surface area contributed by atoms with Crippen molar-refractivity contribution in [3.8, 4) is 0 Å². The predicted octanol–water partition coefficient (Wildman–Crippen LogP) is 1.82. The third kappa shape index (κ3) is 25.5. The Morgan fingerprint density at radius 2 is 1.82 bits per heavy atom. The van der Waals surface area contributed by atoms with Gasteiger partial charge in [-0.25, -0.2) is 4.21 Å². The Morgan fingerprint density at radius 3 is 2.24 bits per heavy atom. The monoisotopic (exact) mass is 264 g/mol. The van der Waals surface area contributed by atoms with Gasteiger partial charge in [0.25, 0.3) is 0 Å². The van der Waals surface area contributed by atoms with Crippen LogP contribution in [0.5, 0.6) is 0 Å². The number of hydrogen-bond donors (Lipinski definition) is 1. The lowest BCUT2D eigenvalue weighted by molar-refractivity contribution is -0.113. The van der Waals surface area contributed by atoms with E-state index >= 15 is 0 Å². The second kappa shape index (κ2) is 15.3. The fraction of sp³-hybridized carbons (Fsp3) is 0.727.